The molecule has 94 valence electrons. The van der Waals surface area contributed by atoms with Gasteiger partial charge in [0.1, 0.15) is 5.75 Å². The first-order valence-corrected chi connectivity index (χ1v) is 7.15. The summed E-state index contributed by atoms with van der Waals surface area (Å²) in [5.41, 5.74) is 1.72. The highest BCUT2D eigenvalue weighted by Crippen LogP contribution is 2.26. The predicted octanol–water partition coefficient (Wildman–Crippen LogP) is 4.38. The van der Waals surface area contributed by atoms with Gasteiger partial charge in [-0.05, 0) is 42.7 Å². The summed E-state index contributed by atoms with van der Waals surface area (Å²) in [4.78, 5) is 1.22. The molecule has 2 nitrogen and oxygen atoms in total. The number of phenolic OH excluding ortho intramolecular Hbond substituents is 1. The maximum atomic E-state index is 9.72. The lowest BCUT2D eigenvalue weighted by atomic mass is 10.2. The number of benzene rings is 2. The van der Waals surface area contributed by atoms with E-state index in [2.05, 4.69) is 17.4 Å². The number of anilines is 1. The fraction of sp³-hybridized carbons (Fsp3) is 0.143. The van der Waals surface area contributed by atoms with Crippen molar-refractivity contribution in [2.75, 3.05) is 11.6 Å². The molecule has 2 aromatic carbocycles. The fourth-order valence-electron chi connectivity index (χ4n) is 1.62. The smallest absolute Gasteiger partial charge is 0.122 e. The monoisotopic (exact) mass is 279 g/mol. The van der Waals surface area contributed by atoms with Gasteiger partial charge in [0.05, 0.1) is 0 Å². The van der Waals surface area contributed by atoms with Crippen LogP contribution in [0.2, 0.25) is 5.02 Å². The van der Waals surface area contributed by atoms with Gasteiger partial charge in [-0.3, -0.25) is 0 Å². The average molecular weight is 280 g/mol. The normalized spacial score (nSPS) is 10.3. The molecule has 0 aliphatic carbocycles. The largest absolute Gasteiger partial charge is 0.508 e. The molecular weight excluding hydrogens is 266 g/mol. The summed E-state index contributed by atoms with van der Waals surface area (Å²) in [6, 6.07) is 13.3. The molecule has 0 atom stereocenters. The third kappa shape index (κ3) is 3.12. The van der Waals surface area contributed by atoms with Crippen molar-refractivity contribution in [2.45, 2.75) is 11.4 Å². The number of thioether (sulfide) groups is 1. The fourth-order valence-corrected chi connectivity index (χ4v) is 2.27. The molecule has 18 heavy (non-hydrogen) atoms. The first kappa shape index (κ1) is 13.1. The second-order valence-corrected chi connectivity index (χ2v) is 5.11. The first-order chi connectivity index (χ1) is 8.70. The van der Waals surface area contributed by atoms with E-state index < -0.39 is 0 Å². The van der Waals surface area contributed by atoms with E-state index in [0.29, 0.717) is 17.1 Å². The lowest BCUT2D eigenvalue weighted by molar-refractivity contribution is 0.469. The number of rotatable bonds is 4. The molecule has 0 heterocycles. The minimum atomic E-state index is 0.218. The summed E-state index contributed by atoms with van der Waals surface area (Å²) in [6.07, 6.45) is 2.05. The number of hydrogen-bond donors (Lipinski definition) is 2. The van der Waals surface area contributed by atoms with Crippen molar-refractivity contribution < 1.29 is 5.11 Å². The topological polar surface area (TPSA) is 32.3 Å². The van der Waals surface area contributed by atoms with E-state index in [9.17, 15) is 5.11 Å². The van der Waals surface area contributed by atoms with Crippen molar-refractivity contribution >= 4 is 29.1 Å². The molecule has 0 spiro atoms. The van der Waals surface area contributed by atoms with Crippen LogP contribution >= 0.6 is 23.4 Å². The van der Waals surface area contributed by atoms with E-state index in [-0.39, 0.29) is 5.75 Å². The lowest BCUT2D eigenvalue weighted by Crippen LogP contribution is -2.00. The quantitative estimate of drug-likeness (QED) is 0.815. The summed E-state index contributed by atoms with van der Waals surface area (Å²) >= 11 is 7.75. The second-order valence-electron chi connectivity index (χ2n) is 3.82. The van der Waals surface area contributed by atoms with Gasteiger partial charge in [0.15, 0.2) is 0 Å². The Morgan fingerprint density at radius 1 is 1.17 bits per heavy atom. The van der Waals surface area contributed by atoms with Crippen LogP contribution in [0.4, 0.5) is 5.69 Å². The van der Waals surface area contributed by atoms with Crippen molar-refractivity contribution in [1.29, 1.82) is 0 Å². The third-order valence-corrected chi connectivity index (χ3v) is 3.75. The molecule has 2 rings (SSSR count). The lowest BCUT2D eigenvalue weighted by Gasteiger charge is -2.10. The summed E-state index contributed by atoms with van der Waals surface area (Å²) in [5, 5.41) is 13.5. The average Bonchev–Trinajstić information content (AvgIpc) is 2.39. The van der Waals surface area contributed by atoms with Gasteiger partial charge in [-0.2, -0.15) is 0 Å². The van der Waals surface area contributed by atoms with Crippen LogP contribution in [-0.2, 0) is 6.54 Å². The molecule has 0 aromatic heterocycles. The van der Waals surface area contributed by atoms with Crippen LogP contribution in [0.25, 0.3) is 0 Å². The first-order valence-electron chi connectivity index (χ1n) is 5.55. The molecule has 0 radical (unpaired) electrons. The molecule has 0 aliphatic heterocycles. The van der Waals surface area contributed by atoms with Gasteiger partial charge in [0.25, 0.3) is 0 Å². The highest BCUT2D eigenvalue weighted by atomic mass is 35.5. The van der Waals surface area contributed by atoms with Gasteiger partial charge in [0.2, 0.25) is 0 Å². The maximum absolute atomic E-state index is 9.72. The molecule has 0 amide bonds. The van der Waals surface area contributed by atoms with Crippen LogP contribution in [0.15, 0.2) is 47.4 Å². The van der Waals surface area contributed by atoms with Crippen molar-refractivity contribution in [3.63, 3.8) is 0 Å². The summed E-state index contributed by atoms with van der Waals surface area (Å²) < 4.78 is 0. The Morgan fingerprint density at radius 3 is 2.50 bits per heavy atom. The van der Waals surface area contributed by atoms with Gasteiger partial charge in [-0.1, -0.05) is 17.7 Å². The summed E-state index contributed by atoms with van der Waals surface area (Å²) in [7, 11) is 0. The van der Waals surface area contributed by atoms with E-state index in [1.165, 1.54) is 4.90 Å². The SMILES string of the molecule is CSc1ccc(NCc2c(O)cccc2Cl)cc1. The van der Waals surface area contributed by atoms with Crippen molar-refractivity contribution in [3.05, 3.63) is 53.1 Å². The second kappa shape index (κ2) is 6.03. The third-order valence-electron chi connectivity index (χ3n) is 2.65. The zero-order valence-corrected chi connectivity index (χ0v) is 11.6. The van der Waals surface area contributed by atoms with Crippen molar-refractivity contribution in [1.82, 2.24) is 0 Å². The Balaban J connectivity index is 2.06. The Bertz CT molecular complexity index is 508. The highest BCUT2D eigenvalue weighted by molar-refractivity contribution is 7.98. The molecule has 0 bridgehead atoms. The van der Waals surface area contributed by atoms with Gasteiger partial charge in [0, 0.05) is 27.7 Å². The molecular formula is C14H14ClNOS. The van der Waals surface area contributed by atoms with Crippen molar-refractivity contribution in [3.8, 4) is 5.75 Å². The van der Waals surface area contributed by atoms with Gasteiger partial charge >= 0.3 is 0 Å². The molecule has 0 fully saturated rings. The van der Waals surface area contributed by atoms with E-state index in [1.54, 1.807) is 30.0 Å². The van der Waals surface area contributed by atoms with Crippen LogP contribution in [0.3, 0.4) is 0 Å². The maximum Gasteiger partial charge on any atom is 0.122 e. The molecule has 0 aliphatic rings. The Labute approximate surface area is 116 Å². The number of phenols is 1. The number of nitrogens with one attached hydrogen (secondary N) is 1. The van der Waals surface area contributed by atoms with Crippen LogP contribution in [0, 0.1) is 0 Å². The Morgan fingerprint density at radius 2 is 1.89 bits per heavy atom. The number of halogens is 1. The van der Waals surface area contributed by atoms with Crippen LogP contribution in [0.1, 0.15) is 5.56 Å². The Kier molecular flexibility index (Phi) is 4.39. The molecule has 2 aromatic rings. The molecule has 0 saturated heterocycles. The van der Waals surface area contributed by atoms with E-state index in [1.807, 2.05) is 18.4 Å². The van der Waals surface area contributed by atoms with Crippen LogP contribution in [0.5, 0.6) is 5.75 Å². The number of hydrogen-bond acceptors (Lipinski definition) is 3. The molecule has 0 saturated carbocycles. The molecule has 2 N–H and O–H groups in total. The minimum absolute atomic E-state index is 0.218. The van der Waals surface area contributed by atoms with E-state index in [0.717, 1.165) is 5.69 Å². The van der Waals surface area contributed by atoms with Gasteiger partial charge in [-0.15, -0.1) is 11.8 Å². The van der Waals surface area contributed by atoms with Crippen molar-refractivity contribution in [2.24, 2.45) is 0 Å². The van der Waals surface area contributed by atoms with Gasteiger partial charge in [-0.25, -0.2) is 0 Å². The highest BCUT2D eigenvalue weighted by Gasteiger charge is 2.05. The Hall–Kier alpha value is -1.32. The molecule has 0 unspecified atom stereocenters. The standard InChI is InChI=1S/C14H14ClNOS/c1-18-11-7-5-10(6-8-11)16-9-12-13(15)3-2-4-14(12)17/h2-8,16-17H,9H2,1H3. The zero-order chi connectivity index (χ0) is 13.0. The predicted molar refractivity (Wildman–Crippen MR) is 78.7 cm³/mol. The summed E-state index contributed by atoms with van der Waals surface area (Å²) in [6.45, 7) is 0.504. The number of aromatic hydroxyl groups is 1. The molecule has 4 heteroatoms. The van der Waals surface area contributed by atoms with Crippen LogP contribution < -0.4 is 5.32 Å². The zero-order valence-electron chi connectivity index (χ0n) is 9.98. The van der Waals surface area contributed by atoms with E-state index >= 15 is 0 Å². The van der Waals surface area contributed by atoms with E-state index in [4.69, 9.17) is 11.6 Å². The summed E-state index contributed by atoms with van der Waals surface area (Å²) in [5.74, 6) is 0.218. The minimum Gasteiger partial charge on any atom is -0.508 e. The van der Waals surface area contributed by atoms with Crippen LogP contribution in [-0.4, -0.2) is 11.4 Å². The van der Waals surface area contributed by atoms with Gasteiger partial charge < -0.3 is 10.4 Å².